The fourth-order valence-electron chi connectivity index (χ4n) is 1.37. The van der Waals surface area contributed by atoms with Crippen LogP contribution in [0.3, 0.4) is 0 Å². The van der Waals surface area contributed by atoms with Crippen molar-refractivity contribution in [2.75, 3.05) is 0 Å². The summed E-state index contributed by atoms with van der Waals surface area (Å²) in [5.41, 5.74) is 1.05. The molecule has 0 unspecified atom stereocenters. The van der Waals surface area contributed by atoms with Crippen LogP contribution in [0.2, 0.25) is 36.3 Å². The number of hydrogen-bond acceptors (Lipinski definition) is 3. The molecular weight excluding hydrogens is 308 g/mol. The summed E-state index contributed by atoms with van der Waals surface area (Å²) in [7, 11) is -3.58. The molecule has 1 rings (SSSR count). The smallest absolute Gasteiger partial charge is 0.270 e. The summed E-state index contributed by atoms with van der Waals surface area (Å²) in [5, 5.41) is 0.384. The van der Waals surface area contributed by atoms with Crippen LogP contribution in [0.5, 0.6) is 5.95 Å². The van der Waals surface area contributed by atoms with Crippen LogP contribution in [-0.4, -0.2) is 16.6 Å². The second kappa shape index (κ2) is 6.17. The molecule has 128 valence electrons. The third-order valence-electron chi connectivity index (χ3n) is 5.20. The van der Waals surface area contributed by atoms with E-state index in [1.807, 2.05) is 6.07 Å². The minimum absolute atomic E-state index is 0.164. The lowest BCUT2D eigenvalue weighted by Gasteiger charge is -2.36. The van der Waals surface area contributed by atoms with E-state index < -0.39 is 16.6 Å². The maximum atomic E-state index is 6.23. The third-order valence-corrected chi connectivity index (χ3v) is 14.0. The molecule has 0 bridgehead atoms. The standard InChI is InChI=1S/C17H34O3Si2/c1-16(2,3)21(7,8)19-13-14-11-15(18-12-14)20-22(9,10)17(4,5)6/h11-12H,13H2,1-10H3. The first-order chi connectivity index (χ1) is 9.66. The predicted octanol–water partition coefficient (Wildman–Crippen LogP) is 6.19. The molecule has 0 N–H and O–H groups in total. The lowest BCUT2D eigenvalue weighted by atomic mass is 10.2. The predicted molar refractivity (Wildman–Crippen MR) is 98.5 cm³/mol. The molecule has 3 nitrogen and oxygen atoms in total. The van der Waals surface area contributed by atoms with Gasteiger partial charge in [0, 0.05) is 11.6 Å². The molecule has 0 aliphatic heterocycles. The molecule has 22 heavy (non-hydrogen) atoms. The van der Waals surface area contributed by atoms with Gasteiger partial charge in [-0.05, 0) is 36.3 Å². The number of hydrogen-bond donors (Lipinski definition) is 0. The molecule has 0 atom stereocenters. The summed E-state index contributed by atoms with van der Waals surface area (Å²) in [6.45, 7) is 23.0. The molecule has 0 spiro atoms. The third kappa shape index (κ3) is 4.73. The van der Waals surface area contributed by atoms with Gasteiger partial charge >= 0.3 is 0 Å². The molecule has 0 radical (unpaired) electrons. The summed E-state index contributed by atoms with van der Waals surface area (Å²) in [6, 6.07) is 1.98. The Hall–Kier alpha value is -0.526. The molecule has 5 heteroatoms. The van der Waals surface area contributed by atoms with Crippen LogP contribution in [0.15, 0.2) is 16.7 Å². The lowest BCUT2D eigenvalue weighted by molar-refractivity contribution is 0.275. The van der Waals surface area contributed by atoms with Crippen molar-refractivity contribution in [2.24, 2.45) is 0 Å². The minimum atomic E-state index is -1.85. The molecule has 1 aromatic heterocycles. The van der Waals surface area contributed by atoms with Crippen LogP contribution in [-0.2, 0) is 11.0 Å². The van der Waals surface area contributed by atoms with Crippen LogP contribution >= 0.6 is 0 Å². The zero-order valence-corrected chi connectivity index (χ0v) is 18.1. The van der Waals surface area contributed by atoms with Crippen molar-refractivity contribution in [3.63, 3.8) is 0 Å². The van der Waals surface area contributed by atoms with E-state index in [4.69, 9.17) is 13.3 Å². The van der Waals surface area contributed by atoms with Gasteiger partial charge in [0.15, 0.2) is 8.32 Å². The van der Waals surface area contributed by atoms with E-state index in [2.05, 4.69) is 67.7 Å². The monoisotopic (exact) mass is 342 g/mol. The molecule has 0 saturated carbocycles. The van der Waals surface area contributed by atoms with Gasteiger partial charge in [-0.25, -0.2) is 0 Å². The van der Waals surface area contributed by atoms with Gasteiger partial charge in [-0.15, -0.1) is 0 Å². The Morgan fingerprint density at radius 2 is 1.41 bits per heavy atom. The average Bonchev–Trinajstić information content (AvgIpc) is 2.70. The molecule has 0 fully saturated rings. The number of furan rings is 1. The Morgan fingerprint density at radius 3 is 1.86 bits per heavy atom. The van der Waals surface area contributed by atoms with Crippen molar-refractivity contribution >= 4 is 16.6 Å². The van der Waals surface area contributed by atoms with Crippen LogP contribution in [0.4, 0.5) is 0 Å². The topological polar surface area (TPSA) is 31.6 Å². The van der Waals surface area contributed by atoms with E-state index in [0.29, 0.717) is 12.6 Å². The summed E-state index contributed by atoms with van der Waals surface area (Å²) in [6.07, 6.45) is 1.76. The van der Waals surface area contributed by atoms with Crippen LogP contribution in [0.25, 0.3) is 0 Å². The van der Waals surface area contributed by atoms with Gasteiger partial charge < -0.3 is 13.3 Å². The van der Waals surface area contributed by atoms with Crippen molar-refractivity contribution in [2.45, 2.75) is 84.4 Å². The van der Waals surface area contributed by atoms with Crippen molar-refractivity contribution in [3.8, 4) is 5.95 Å². The van der Waals surface area contributed by atoms with Crippen molar-refractivity contribution in [1.82, 2.24) is 0 Å². The molecule has 0 amide bonds. The van der Waals surface area contributed by atoms with E-state index in [0.717, 1.165) is 5.56 Å². The molecule has 1 heterocycles. The minimum Gasteiger partial charge on any atom is -0.519 e. The van der Waals surface area contributed by atoms with E-state index in [1.165, 1.54) is 0 Å². The van der Waals surface area contributed by atoms with Gasteiger partial charge in [0.25, 0.3) is 14.3 Å². The van der Waals surface area contributed by atoms with E-state index in [9.17, 15) is 0 Å². The highest BCUT2D eigenvalue weighted by Gasteiger charge is 2.40. The normalized spacial score (nSPS) is 14.3. The summed E-state index contributed by atoms with van der Waals surface area (Å²) in [4.78, 5) is 0. The van der Waals surface area contributed by atoms with Crippen molar-refractivity contribution in [1.29, 1.82) is 0 Å². The number of rotatable bonds is 5. The quantitative estimate of drug-likeness (QED) is 0.598. The zero-order chi connectivity index (χ0) is 17.4. The highest BCUT2D eigenvalue weighted by molar-refractivity contribution is 6.74. The van der Waals surface area contributed by atoms with Gasteiger partial charge in [0.05, 0.1) is 6.61 Å². The Morgan fingerprint density at radius 1 is 0.909 bits per heavy atom. The molecule has 0 aliphatic carbocycles. The van der Waals surface area contributed by atoms with Gasteiger partial charge in [0.1, 0.15) is 6.26 Å². The Kier molecular flexibility index (Phi) is 5.47. The van der Waals surface area contributed by atoms with Gasteiger partial charge in [-0.1, -0.05) is 41.5 Å². The Balaban J connectivity index is 2.70. The van der Waals surface area contributed by atoms with E-state index in [1.54, 1.807) is 6.26 Å². The Labute approximate surface area is 138 Å². The van der Waals surface area contributed by atoms with Crippen molar-refractivity contribution < 1.29 is 13.3 Å². The van der Waals surface area contributed by atoms with E-state index in [-0.39, 0.29) is 10.1 Å². The highest BCUT2D eigenvalue weighted by atomic mass is 28.4. The SMILES string of the molecule is CC(C)(C)[Si](C)(C)OCc1coc(O[Si](C)(C)C(C)(C)C)c1. The largest absolute Gasteiger partial charge is 0.519 e. The summed E-state index contributed by atoms with van der Waals surface area (Å²) < 4.78 is 18.0. The fraction of sp³-hybridized carbons (Fsp3) is 0.765. The zero-order valence-electron chi connectivity index (χ0n) is 16.1. The first-order valence-corrected chi connectivity index (χ1v) is 13.9. The van der Waals surface area contributed by atoms with E-state index >= 15 is 0 Å². The molecule has 0 aliphatic rings. The maximum absolute atomic E-state index is 6.23. The van der Waals surface area contributed by atoms with Gasteiger partial charge in [-0.3, -0.25) is 0 Å². The van der Waals surface area contributed by atoms with Gasteiger partial charge in [0.2, 0.25) is 0 Å². The summed E-state index contributed by atoms with van der Waals surface area (Å²) >= 11 is 0. The summed E-state index contributed by atoms with van der Waals surface area (Å²) in [5.74, 6) is 0.625. The first kappa shape index (κ1) is 19.5. The molecule has 0 saturated heterocycles. The highest BCUT2D eigenvalue weighted by Crippen LogP contribution is 2.39. The second-order valence-corrected chi connectivity index (χ2v) is 18.7. The average molecular weight is 343 g/mol. The molecule has 0 aromatic carbocycles. The van der Waals surface area contributed by atoms with Gasteiger partial charge in [-0.2, -0.15) is 0 Å². The van der Waals surface area contributed by atoms with Crippen molar-refractivity contribution in [3.05, 3.63) is 17.9 Å². The first-order valence-electron chi connectivity index (χ1n) is 8.06. The second-order valence-electron chi connectivity index (χ2n) is 9.19. The van der Waals surface area contributed by atoms with Crippen LogP contribution < -0.4 is 4.43 Å². The van der Waals surface area contributed by atoms with Crippen LogP contribution in [0.1, 0.15) is 47.1 Å². The molecule has 1 aromatic rings. The Bertz CT molecular complexity index is 491. The lowest BCUT2D eigenvalue weighted by Crippen LogP contribution is -2.43. The van der Waals surface area contributed by atoms with Crippen LogP contribution in [0, 0.1) is 0 Å². The maximum Gasteiger partial charge on any atom is 0.270 e. The fourth-order valence-corrected chi connectivity index (χ4v) is 3.24. The molecular formula is C17H34O3Si2.